The van der Waals surface area contributed by atoms with Gasteiger partial charge in [-0.25, -0.2) is 0 Å². The van der Waals surface area contributed by atoms with Crippen LogP contribution in [-0.4, -0.2) is 35.6 Å². The summed E-state index contributed by atoms with van der Waals surface area (Å²) in [5, 5.41) is 0. The molecule has 0 saturated heterocycles. The SMILES string of the molecule is CCC1CCC(N(C(=O)COC2CCCC2)C2CC2)CC1. The molecule has 0 radical (unpaired) electrons. The Morgan fingerprint density at radius 3 is 2.05 bits per heavy atom. The number of rotatable bonds is 6. The minimum atomic E-state index is 0.268. The number of carbonyl (C=O) groups excluding carboxylic acids is 1. The second-order valence-electron chi connectivity index (χ2n) is 7.33. The number of hydrogen-bond donors (Lipinski definition) is 0. The van der Waals surface area contributed by atoms with E-state index in [0.29, 0.717) is 24.8 Å². The fourth-order valence-electron chi connectivity index (χ4n) is 4.21. The molecule has 3 aliphatic carbocycles. The maximum Gasteiger partial charge on any atom is 0.249 e. The van der Waals surface area contributed by atoms with Gasteiger partial charge in [0.1, 0.15) is 6.61 Å². The highest BCUT2D eigenvalue weighted by molar-refractivity contribution is 5.78. The molecule has 0 aromatic rings. The van der Waals surface area contributed by atoms with Crippen molar-refractivity contribution in [1.29, 1.82) is 0 Å². The molecule has 3 fully saturated rings. The van der Waals surface area contributed by atoms with Gasteiger partial charge in [-0.05, 0) is 57.3 Å². The lowest BCUT2D eigenvalue weighted by Gasteiger charge is -2.37. The molecule has 3 aliphatic rings. The molecule has 0 aromatic carbocycles. The summed E-state index contributed by atoms with van der Waals surface area (Å²) >= 11 is 0. The monoisotopic (exact) mass is 293 g/mol. The zero-order chi connectivity index (χ0) is 14.7. The van der Waals surface area contributed by atoms with E-state index in [1.807, 2.05) is 0 Å². The lowest BCUT2D eigenvalue weighted by molar-refractivity contribution is -0.142. The maximum atomic E-state index is 12.6. The number of amides is 1. The lowest BCUT2D eigenvalue weighted by atomic mass is 9.84. The van der Waals surface area contributed by atoms with E-state index in [1.54, 1.807) is 0 Å². The first-order valence-electron chi connectivity index (χ1n) is 9.20. The maximum absolute atomic E-state index is 12.6. The third kappa shape index (κ3) is 4.00. The summed E-state index contributed by atoms with van der Waals surface area (Å²) in [7, 11) is 0. The van der Waals surface area contributed by atoms with Crippen LogP contribution >= 0.6 is 0 Å². The van der Waals surface area contributed by atoms with Crippen LogP contribution in [0.5, 0.6) is 0 Å². The highest BCUT2D eigenvalue weighted by Gasteiger charge is 2.38. The van der Waals surface area contributed by atoms with Gasteiger partial charge in [-0.2, -0.15) is 0 Å². The van der Waals surface area contributed by atoms with Crippen molar-refractivity contribution < 1.29 is 9.53 Å². The van der Waals surface area contributed by atoms with E-state index in [0.717, 1.165) is 18.8 Å². The quantitative estimate of drug-likeness (QED) is 0.743. The van der Waals surface area contributed by atoms with Gasteiger partial charge in [0.25, 0.3) is 0 Å². The van der Waals surface area contributed by atoms with E-state index in [4.69, 9.17) is 4.74 Å². The summed E-state index contributed by atoms with van der Waals surface area (Å²) < 4.78 is 5.87. The van der Waals surface area contributed by atoms with Crippen LogP contribution in [0.1, 0.15) is 77.6 Å². The van der Waals surface area contributed by atoms with Crippen LogP contribution in [0.15, 0.2) is 0 Å². The molecule has 0 aliphatic heterocycles. The van der Waals surface area contributed by atoms with Crippen molar-refractivity contribution >= 4 is 5.91 Å². The van der Waals surface area contributed by atoms with E-state index < -0.39 is 0 Å². The summed E-state index contributed by atoms with van der Waals surface area (Å²) in [6.45, 7) is 2.62. The predicted octanol–water partition coefficient (Wildman–Crippen LogP) is 3.91. The van der Waals surface area contributed by atoms with E-state index in [2.05, 4.69) is 11.8 Å². The topological polar surface area (TPSA) is 29.5 Å². The number of hydrogen-bond acceptors (Lipinski definition) is 2. The van der Waals surface area contributed by atoms with Gasteiger partial charge >= 0.3 is 0 Å². The molecule has 3 nitrogen and oxygen atoms in total. The van der Waals surface area contributed by atoms with Gasteiger partial charge in [0.15, 0.2) is 0 Å². The van der Waals surface area contributed by atoms with Gasteiger partial charge in [0.2, 0.25) is 5.91 Å². The van der Waals surface area contributed by atoms with Crippen molar-refractivity contribution in [2.24, 2.45) is 5.92 Å². The standard InChI is InChI=1S/C18H31NO2/c1-2-14-7-9-15(10-8-14)19(16-11-12-16)18(20)13-21-17-5-3-4-6-17/h14-17H,2-13H2,1H3. The Balaban J connectivity index is 1.50. The summed E-state index contributed by atoms with van der Waals surface area (Å²) in [5.41, 5.74) is 0. The average molecular weight is 293 g/mol. The van der Waals surface area contributed by atoms with Gasteiger partial charge in [0, 0.05) is 12.1 Å². The van der Waals surface area contributed by atoms with Crippen molar-refractivity contribution in [3.8, 4) is 0 Å². The molecular weight excluding hydrogens is 262 g/mol. The Bertz CT molecular complexity index is 339. The first-order valence-corrected chi connectivity index (χ1v) is 9.20. The molecule has 21 heavy (non-hydrogen) atoms. The van der Waals surface area contributed by atoms with Crippen molar-refractivity contribution in [2.45, 2.75) is 95.7 Å². The molecule has 0 bridgehead atoms. The number of carbonyl (C=O) groups is 1. The molecule has 0 heterocycles. The van der Waals surface area contributed by atoms with E-state index in [-0.39, 0.29) is 5.91 Å². The molecule has 0 unspecified atom stereocenters. The molecule has 0 aromatic heterocycles. The minimum absolute atomic E-state index is 0.268. The van der Waals surface area contributed by atoms with Crippen molar-refractivity contribution in [3.05, 3.63) is 0 Å². The van der Waals surface area contributed by atoms with Crippen LogP contribution in [0.25, 0.3) is 0 Å². The van der Waals surface area contributed by atoms with E-state index >= 15 is 0 Å². The molecule has 0 atom stereocenters. The van der Waals surface area contributed by atoms with Gasteiger partial charge in [-0.3, -0.25) is 4.79 Å². The van der Waals surface area contributed by atoms with Crippen molar-refractivity contribution in [2.75, 3.05) is 6.61 Å². The molecule has 3 heteroatoms. The Morgan fingerprint density at radius 2 is 1.52 bits per heavy atom. The fraction of sp³-hybridized carbons (Fsp3) is 0.944. The van der Waals surface area contributed by atoms with Gasteiger partial charge in [-0.15, -0.1) is 0 Å². The molecule has 3 saturated carbocycles. The lowest BCUT2D eigenvalue weighted by Crippen LogP contribution is -2.45. The van der Waals surface area contributed by atoms with Crippen molar-refractivity contribution in [1.82, 2.24) is 4.90 Å². The second-order valence-corrected chi connectivity index (χ2v) is 7.33. The zero-order valence-electron chi connectivity index (χ0n) is 13.6. The number of nitrogens with zero attached hydrogens (tertiary/aromatic N) is 1. The van der Waals surface area contributed by atoms with Gasteiger partial charge in [0.05, 0.1) is 6.10 Å². The molecule has 0 N–H and O–H groups in total. The smallest absolute Gasteiger partial charge is 0.249 e. The predicted molar refractivity (Wildman–Crippen MR) is 84.1 cm³/mol. The van der Waals surface area contributed by atoms with Crippen LogP contribution in [-0.2, 0) is 9.53 Å². The number of ether oxygens (including phenoxy) is 1. The summed E-state index contributed by atoms with van der Waals surface area (Å²) in [6, 6.07) is 1.04. The zero-order valence-corrected chi connectivity index (χ0v) is 13.6. The highest BCUT2D eigenvalue weighted by Crippen LogP contribution is 2.36. The van der Waals surface area contributed by atoms with Crippen LogP contribution in [0.3, 0.4) is 0 Å². The Hall–Kier alpha value is -0.570. The summed E-state index contributed by atoms with van der Waals surface area (Å²) in [5.74, 6) is 1.16. The molecule has 3 rings (SSSR count). The Kier molecular flexibility index (Phi) is 5.20. The third-order valence-electron chi connectivity index (χ3n) is 5.76. The first kappa shape index (κ1) is 15.3. The molecule has 0 spiro atoms. The van der Waals surface area contributed by atoms with Crippen LogP contribution in [0.2, 0.25) is 0 Å². The van der Waals surface area contributed by atoms with Crippen LogP contribution in [0, 0.1) is 5.92 Å². The van der Waals surface area contributed by atoms with E-state index in [1.165, 1.54) is 57.8 Å². The minimum Gasteiger partial charge on any atom is -0.368 e. The first-order chi connectivity index (χ1) is 10.3. The molecular formula is C18H31NO2. The molecule has 120 valence electrons. The van der Waals surface area contributed by atoms with Gasteiger partial charge in [-0.1, -0.05) is 26.2 Å². The summed E-state index contributed by atoms with van der Waals surface area (Å²) in [4.78, 5) is 14.9. The Labute approximate surface area is 129 Å². The summed E-state index contributed by atoms with van der Waals surface area (Å²) in [6.07, 6.45) is 14.0. The van der Waals surface area contributed by atoms with Gasteiger partial charge < -0.3 is 9.64 Å². The van der Waals surface area contributed by atoms with Crippen molar-refractivity contribution in [3.63, 3.8) is 0 Å². The van der Waals surface area contributed by atoms with Crippen LogP contribution < -0.4 is 0 Å². The molecule has 1 amide bonds. The normalized spacial score (nSPS) is 30.5. The average Bonchev–Trinajstić information content (AvgIpc) is 3.20. The largest absolute Gasteiger partial charge is 0.368 e. The second kappa shape index (κ2) is 7.13. The highest BCUT2D eigenvalue weighted by atomic mass is 16.5. The third-order valence-corrected chi connectivity index (χ3v) is 5.76. The van der Waals surface area contributed by atoms with Crippen LogP contribution in [0.4, 0.5) is 0 Å². The van der Waals surface area contributed by atoms with E-state index in [9.17, 15) is 4.79 Å². The fourth-order valence-corrected chi connectivity index (χ4v) is 4.21. The Morgan fingerprint density at radius 1 is 0.952 bits per heavy atom.